The summed E-state index contributed by atoms with van der Waals surface area (Å²) in [5.74, 6) is -0.213. The van der Waals surface area contributed by atoms with Gasteiger partial charge in [0, 0.05) is 13.2 Å². The molecule has 2 aromatic heterocycles. The first kappa shape index (κ1) is 19.7. The van der Waals surface area contributed by atoms with E-state index in [-0.39, 0.29) is 17.2 Å². The zero-order valence-corrected chi connectivity index (χ0v) is 17.0. The lowest BCUT2D eigenvalue weighted by Crippen LogP contribution is -2.24. The number of hydrogen-bond acceptors (Lipinski definition) is 5. The van der Waals surface area contributed by atoms with Gasteiger partial charge in [0.25, 0.3) is 11.5 Å². The third kappa shape index (κ3) is 4.18. The van der Waals surface area contributed by atoms with Crippen LogP contribution in [0.5, 0.6) is 0 Å². The monoisotopic (exact) mass is 417 g/mol. The number of carbonyl (C=O) groups excluding carboxylic acids is 1. The zero-order valence-electron chi connectivity index (χ0n) is 16.2. The Kier molecular flexibility index (Phi) is 5.76. The summed E-state index contributed by atoms with van der Waals surface area (Å²) in [6, 6.07) is 20.3. The van der Waals surface area contributed by atoms with Gasteiger partial charge in [0.15, 0.2) is 5.16 Å². The van der Waals surface area contributed by atoms with Gasteiger partial charge in [0.05, 0.1) is 34.3 Å². The molecule has 0 spiro atoms. The molecule has 4 aromatic rings. The second-order valence-corrected chi connectivity index (χ2v) is 7.46. The Bertz CT molecular complexity index is 1280. The Labute approximate surface area is 177 Å². The molecule has 8 heteroatoms. The van der Waals surface area contributed by atoms with E-state index in [1.165, 1.54) is 16.3 Å². The van der Waals surface area contributed by atoms with E-state index in [0.29, 0.717) is 21.7 Å². The van der Waals surface area contributed by atoms with Gasteiger partial charge in [-0.2, -0.15) is 5.10 Å². The maximum Gasteiger partial charge on any atom is 0.266 e. The van der Waals surface area contributed by atoms with Crippen LogP contribution in [0.2, 0.25) is 0 Å². The molecule has 1 amide bonds. The Morgan fingerprint density at radius 2 is 1.87 bits per heavy atom. The average Bonchev–Trinajstić information content (AvgIpc) is 3.17. The van der Waals surface area contributed by atoms with Crippen molar-refractivity contribution in [3.8, 4) is 5.69 Å². The molecule has 0 saturated carbocycles. The van der Waals surface area contributed by atoms with Gasteiger partial charge in [-0.05, 0) is 36.4 Å². The predicted molar refractivity (Wildman–Crippen MR) is 119 cm³/mol. The summed E-state index contributed by atoms with van der Waals surface area (Å²) in [6.45, 7) is 0. The molecular weight excluding hydrogens is 398 g/mol. The van der Waals surface area contributed by atoms with Gasteiger partial charge in [-0.15, -0.1) is 0 Å². The molecule has 0 fully saturated rings. The van der Waals surface area contributed by atoms with Crippen molar-refractivity contribution in [2.45, 2.75) is 5.16 Å². The standard InChI is InChI=1S/C22H19N5O2S/c1-26-13-7-10-17(26)14-23-25-20(28)15-30-22-24-19-12-6-5-11-18(19)21(29)27(22)16-8-3-2-4-9-16/h2-14H,15H2,1H3,(H,25,28)/b23-14-. The highest BCUT2D eigenvalue weighted by atomic mass is 32.2. The molecule has 0 saturated heterocycles. The molecule has 0 aliphatic carbocycles. The van der Waals surface area contributed by atoms with Crippen molar-refractivity contribution in [1.82, 2.24) is 19.5 Å². The van der Waals surface area contributed by atoms with Crippen LogP contribution in [0.15, 0.2) is 88.0 Å². The SMILES string of the molecule is Cn1cccc1/C=N\NC(=O)CSc1nc2ccccc2c(=O)n1-c1ccccc1. The molecule has 0 bridgehead atoms. The number of carbonyl (C=O) groups is 1. The second kappa shape index (κ2) is 8.79. The van der Waals surface area contributed by atoms with E-state index in [2.05, 4.69) is 15.5 Å². The lowest BCUT2D eigenvalue weighted by molar-refractivity contribution is -0.118. The Morgan fingerprint density at radius 3 is 2.63 bits per heavy atom. The van der Waals surface area contributed by atoms with Gasteiger partial charge < -0.3 is 4.57 Å². The van der Waals surface area contributed by atoms with Crippen molar-refractivity contribution >= 4 is 34.8 Å². The third-order valence-corrected chi connectivity index (χ3v) is 5.40. The molecular formula is C22H19N5O2S. The van der Waals surface area contributed by atoms with Crippen LogP contribution in [0, 0.1) is 0 Å². The van der Waals surface area contributed by atoms with Crippen LogP contribution in [0.1, 0.15) is 5.69 Å². The normalized spacial score (nSPS) is 11.2. The number of aromatic nitrogens is 3. The van der Waals surface area contributed by atoms with E-state index in [1.807, 2.05) is 72.4 Å². The van der Waals surface area contributed by atoms with E-state index in [4.69, 9.17) is 0 Å². The van der Waals surface area contributed by atoms with Crippen LogP contribution in [-0.2, 0) is 11.8 Å². The van der Waals surface area contributed by atoms with Gasteiger partial charge in [0.2, 0.25) is 0 Å². The number of hydrazone groups is 1. The number of thioether (sulfide) groups is 1. The maximum atomic E-state index is 13.1. The number of amides is 1. The Hall–Kier alpha value is -3.65. The van der Waals surface area contributed by atoms with E-state index < -0.39 is 0 Å². The van der Waals surface area contributed by atoms with Crippen molar-refractivity contribution in [3.05, 3.63) is 89.0 Å². The van der Waals surface area contributed by atoms with Crippen molar-refractivity contribution in [2.75, 3.05) is 5.75 Å². The van der Waals surface area contributed by atoms with Gasteiger partial charge in [-0.3, -0.25) is 14.2 Å². The Morgan fingerprint density at radius 1 is 1.10 bits per heavy atom. The molecule has 30 heavy (non-hydrogen) atoms. The number of nitrogens with zero attached hydrogens (tertiary/aromatic N) is 4. The van der Waals surface area contributed by atoms with E-state index in [1.54, 1.807) is 18.3 Å². The third-order valence-electron chi connectivity index (χ3n) is 4.46. The first-order chi connectivity index (χ1) is 14.6. The van der Waals surface area contributed by atoms with Gasteiger partial charge in [-0.25, -0.2) is 10.4 Å². The first-order valence-corrected chi connectivity index (χ1v) is 10.3. The van der Waals surface area contributed by atoms with E-state index in [9.17, 15) is 9.59 Å². The largest absolute Gasteiger partial charge is 0.350 e. The summed E-state index contributed by atoms with van der Waals surface area (Å²) in [5, 5.41) is 4.97. The Balaban J connectivity index is 1.57. The minimum atomic E-state index is -0.285. The lowest BCUT2D eigenvalue weighted by Gasteiger charge is -2.12. The number of fused-ring (bicyclic) bond motifs is 1. The van der Waals surface area contributed by atoms with Crippen LogP contribution < -0.4 is 11.0 Å². The van der Waals surface area contributed by atoms with E-state index >= 15 is 0 Å². The molecule has 2 aromatic carbocycles. The number of hydrogen-bond donors (Lipinski definition) is 1. The molecule has 0 radical (unpaired) electrons. The molecule has 2 heterocycles. The summed E-state index contributed by atoms with van der Waals surface area (Å²) in [6.07, 6.45) is 3.48. The first-order valence-electron chi connectivity index (χ1n) is 9.27. The smallest absolute Gasteiger partial charge is 0.266 e. The van der Waals surface area contributed by atoms with Crippen molar-refractivity contribution in [1.29, 1.82) is 0 Å². The molecule has 0 atom stereocenters. The summed E-state index contributed by atoms with van der Waals surface area (Å²) < 4.78 is 3.43. The number of nitrogens with one attached hydrogen (secondary N) is 1. The molecule has 0 unspecified atom stereocenters. The van der Waals surface area contributed by atoms with Gasteiger partial charge >= 0.3 is 0 Å². The minimum absolute atomic E-state index is 0.0715. The molecule has 150 valence electrons. The molecule has 7 nitrogen and oxygen atoms in total. The summed E-state index contributed by atoms with van der Waals surface area (Å²) in [5.41, 5.74) is 4.51. The van der Waals surface area contributed by atoms with E-state index in [0.717, 1.165) is 5.69 Å². The summed E-state index contributed by atoms with van der Waals surface area (Å²) >= 11 is 1.19. The van der Waals surface area contributed by atoms with Crippen LogP contribution in [0.25, 0.3) is 16.6 Å². The van der Waals surface area contributed by atoms with Gasteiger partial charge in [-0.1, -0.05) is 42.1 Å². The van der Waals surface area contributed by atoms with Crippen molar-refractivity contribution in [3.63, 3.8) is 0 Å². The highest BCUT2D eigenvalue weighted by Gasteiger charge is 2.14. The van der Waals surface area contributed by atoms with Crippen LogP contribution >= 0.6 is 11.8 Å². The topological polar surface area (TPSA) is 81.3 Å². The fourth-order valence-corrected chi connectivity index (χ4v) is 3.76. The van der Waals surface area contributed by atoms with Crippen molar-refractivity contribution < 1.29 is 4.79 Å². The number of benzene rings is 2. The fourth-order valence-electron chi connectivity index (χ4n) is 2.96. The molecule has 0 aliphatic heterocycles. The zero-order chi connectivity index (χ0) is 20.9. The minimum Gasteiger partial charge on any atom is -0.350 e. The second-order valence-electron chi connectivity index (χ2n) is 6.51. The van der Waals surface area contributed by atoms with Crippen LogP contribution in [0.3, 0.4) is 0 Å². The predicted octanol–water partition coefficient (Wildman–Crippen LogP) is 2.97. The molecule has 1 N–H and O–H groups in total. The fraction of sp³-hybridized carbons (Fsp3) is 0.0909. The van der Waals surface area contributed by atoms with Crippen LogP contribution in [0.4, 0.5) is 0 Å². The summed E-state index contributed by atoms with van der Waals surface area (Å²) in [4.78, 5) is 30.0. The van der Waals surface area contributed by atoms with Gasteiger partial charge in [0.1, 0.15) is 0 Å². The number of rotatable bonds is 6. The maximum absolute atomic E-state index is 13.1. The number of para-hydroxylation sites is 2. The van der Waals surface area contributed by atoms with Crippen LogP contribution in [-0.4, -0.2) is 32.0 Å². The molecule has 0 aliphatic rings. The quantitative estimate of drug-likeness (QED) is 0.226. The summed E-state index contributed by atoms with van der Waals surface area (Å²) in [7, 11) is 1.90. The highest BCUT2D eigenvalue weighted by Crippen LogP contribution is 2.21. The highest BCUT2D eigenvalue weighted by molar-refractivity contribution is 7.99. The number of aryl methyl sites for hydroxylation is 1. The molecule has 4 rings (SSSR count). The average molecular weight is 417 g/mol. The van der Waals surface area contributed by atoms with Crippen molar-refractivity contribution in [2.24, 2.45) is 12.1 Å². The lowest BCUT2D eigenvalue weighted by atomic mass is 10.2.